The van der Waals surface area contributed by atoms with E-state index < -0.39 is 24.4 Å². The van der Waals surface area contributed by atoms with Gasteiger partial charge < -0.3 is 28.7 Å². The number of pyridine rings is 1. The number of morpholine rings is 1. The van der Waals surface area contributed by atoms with Crippen molar-refractivity contribution in [3.05, 3.63) is 57.9 Å². The smallest absolute Gasteiger partial charge is 0.474 e. The quantitative estimate of drug-likeness (QED) is 0.321. The van der Waals surface area contributed by atoms with Crippen LogP contribution in [0.1, 0.15) is 11.3 Å². The number of nitrogens with zero attached hydrogens (tertiary/aromatic N) is 2. The van der Waals surface area contributed by atoms with Crippen molar-refractivity contribution in [2.75, 3.05) is 31.2 Å². The number of furan rings is 1. The molecule has 12 heteroatoms. The van der Waals surface area contributed by atoms with Gasteiger partial charge in [-0.2, -0.15) is 0 Å². The molecule has 0 spiro atoms. The Morgan fingerprint density at radius 1 is 1.22 bits per heavy atom. The number of benzene rings is 1. The van der Waals surface area contributed by atoms with E-state index in [9.17, 15) is 14.6 Å². The Kier molecular flexibility index (Phi) is 7.85. The van der Waals surface area contributed by atoms with E-state index in [1.807, 2.05) is 29.2 Å². The highest BCUT2D eigenvalue weighted by molar-refractivity contribution is 7.88. The average Bonchev–Trinajstić information content (AvgIpc) is 3.18. The molecular weight excluding hydrogens is 476 g/mol. The van der Waals surface area contributed by atoms with Gasteiger partial charge in [0.15, 0.2) is 5.75 Å². The number of hydrogen-bond acceptors (Lipinski definition) is 8. The minimum atomic E-state index is -1.73. The monoisotopic (exact) mass is 497 g/mol. The van der Waals surface area contributed by atoms with Crippen LogP contribution in [0.15, 0.2) is 41.0 Å². The molecule has 3 aromatic rings. The van der Waals surface area contributed by atoms with Crippen LogP contribution in [0.25, 0.3) is 11.0 Å². The summed E-state index contributed by atoms with van der Waals surface area (Å²) < 4.78 is 26.5. The van der Waals surface area contributed by atoms with Crippen LogP contribution in [-0.2, 0) is 28.3 Å². The summed E-state index contributed by atoms with van der Waals surface area (Å²) in [6, 6.07) is 9.03. The lowest BCUT2D eigenvalue weighted by Crippen LogP contribution is -2.48. The molecule has 0 radical (unpaired) electrons. The van der Waals surface area contributed by atoms with Gasteiger partial charge in [0.1, 0.15) is 17.1 Å². The molecular formula is C20H22BCl2N3O5S. The molecule has 0 saturated carbocycles. The van der Waals surface area contributed by atoms with Crippen LogP contribution < -0.4 is 9.62 Å². The average molecular weight is 498 g/mol. The molecule has 4 rings (SSSR count). The third-order valence-corrected chi connectivity index (χ3v) is 6.91. The van der Waals surface area contributed by atoms with Crippen LogP contribution >= 0.6 is 23.2 Å². The summed E-state index contributed by atoms with van der Waals surface area (Å²) in [4.78, 5) is 6.53. The fourth-order valence-corrected chi connectivity index (χ4v) is 5.28. The zero-order valence-corrected chi connectivity index (χ0v) is 19.4. The summed E-state index contributed by atoms with van der Waals surface area (Å²) in [6.45, 7) is 2.43. The summed E-state index contributed by atoms with van der Waals surface area (Å²) in [7, 11) is -1.73. The van der Waals surface area contributed by atoms with Crippen LogP contribution in [0.2, 0.25) is 10.0 Å². The number of para-hydroxylation sites is 1. The van der Waals surface area contributed by atoms with Crippen molar-refractivity contribution in [3.63, 3.8) is 0 Å². The lowest BCUT2D eigenvalue weighted by atomic mass is 9.77. The van der Waals surface area contributed by atoms with Crippen molar-refractivity contribution in [1.82, 2.24) is 9.71 Å². The van der Waals surface area contributed by atoms with Gasteiger partial charge in [-0.3, -0.25) is 0 Å². The first-order valence-electron chi connectivity index (χ1n) is 10.1. The molecule has 3 N–H and O–H groups in total. The molecule has 2 atom stereocenters. The Morgan fingerprint density at radius 3 is 2.72 bits per heavy atom. The first-order chi connectivity index (χ1) is 15.4. The maximum Gasteiger partial charge on any atom is 0.474 e. The van der Waals surface area contributed by atoms with E-state index in [4.69, 9.17) is 32.4 Å². The maximum absolute atomic E-state index is 12.8. The van der Waals surface area contributed by atoms with E-state index in [2.05, 4.69) is 9.71 Å². The van der Waals surface area contributed by atoms with Gasteiger partial charge in [-0.05, 0) is 24.1 Å². The third-order valence-electron chi connectivity index (χ3n) is 5.21. The minimum absolute atomic E-state index is 0.0251. The Balaban J connectivity index is 1.47. The zero-order valence-electron chi connectivity index (χ0n) is 17.0. The van der Waals surface area contributed by atoms with Crippen LogP contribution in [0.4, 0.5) is 5.82 Å². The van der Waals surface area contributed by atoms with Crippen molar-refractivity contribution < 1.29 is 23.8 Å². The number of hydrogen-bond donors (Lipinski definition) is 3. The van der Waals surface area contributed by atoms with Gasteiger partial charge in [0.05, 0.1) is 35.5 Å². The number of rotatable bonds is 8. The number of aromatic nitrogens is 1. The zero-order chi connectivity index (χ0) is 22.7. The molecule has 170 valence electrons. The van der Waals surface area contributed by atoms with Gasteiger partial charge in [0.2, 0.25) is 0 Å². The standard InChI is InChI=1S/C20H22BCl2N3O5S/c22-15-10-16(23)20(26-5-7-30-8-6-26)24-17(15)12-32(29)25-19(21(27)28)9-13-11-31-18-4-2-1-3-14(13)18/h1-4,10-11,19,25,27-28H,5-9,12H2. The summed E-state index contributed by atoms with van der Waals surface area (Å²) in [5.41, 5.74) is 1.88. The van der Waals surface area contributed by atoms with Crippen molar-refractivity contribution in [2.45, 2.75) is 18.1 Å². The van der Waals surface area contributed by atoms with Crippen LogP contribution in [-0.4, -0.2) is 58.9 Å². The number of ether oxygens (including phenoxy) is 1. The molecule has 2 unspecified atom stereocenters. The Bertz CT molecular complexity index is 1070. The normalized spacial score (nSPS) is 16.3. The lowest BCUT2D eigenvalue weighted by Gasteiger charge is -2.29. The van der Waals surface area contributed by atoms with E-state index in [1.165, 1.54) is 0 Å². The van der Waals surface area contributed by atoms with Crippen molar-refractivity contribution in [2.24, 2.45) is 0 Å². The molecule has 32 heavy (non-hydrogen) atoms. The molecule has 8 nitrogen and oxygen atoms in total. The van der Waals surface area contributed by atoms with Gasteiger partial charge in [-0.25, -0.2) is 4.98 Å². The predicted molar refractivity (Wildman–Crippen MR) is 126 cm³/mol. The fourth-order valence-electron chi connectivity index (χ4n) is 3.56. The summed E-state index contributed by atoms with van der Waals surface area (Å²) in [6.07, 6.45) is 1.78. The van der Waals surface area contributed by atoms with Gasteiger partial charge in [-0.1, -0.05) is 41.4 Å². The highest BCUT2D eigenvalue weighted by atomic mass is 35.5. The van der Waals surface area contributed by atoms with E-state index >= 15 is 0 Å². The second-order valence-electron chi connectivity index (χ2n) is 7.41. The topological polar surface area (TPSA) is 114 Å². The minimum Gasteiger partial charge on any atom is -0.598 e. The van der Waals surface area contributed by atoms with Crippen molar-refractivity contribution >= 4 is 58.5 Å². The van der Waals surface area contributed by atoms with Crippen molar-refractivity contribution in [1.29, 1.82) is 0 Å². The van der Waals surface area contributed by atoms with Gasteiger partial charge in [0.25, 0.3) is 0 Å². The van der Waals surface area contributed by atoms with Crippen molar-refractivity contribution in [3.8, 4) is 0 Å². The Hall–Kier alpha value is -1.50. The first-order valence-corrected chi connectivity index (χ1v) is 12.1. The molecule has 1 aliphatic heterocycles. The molecule has 3 heterocycles. The Morgan fingerprint density at radius 2 is 1.97 bits per heavy atom. The second kappa shape index (κ2) is 10.6. The molecule has 0 amide bonds. The number of nitrogens with one attached hydrogen (secondary N) is 1. The molecule has 1 saturated heterocycles. The van der Waals surface area contributed by atoms with Gasteiger partial charge >= 0.3 is 7.12 Å². The number of fused-ring (bicyclic) bond motifs is 1. The first kappa shape index (κ1) is 23.7. The molecule has 1 fully saturated rings. The van der Waals surface area contributed by atoms with Gasteiger partial charge in [0, 0.05) is 29.8 Å². The van der Waals surface area contributed by atoms with E-state index in [0.717, 1.165) is 10.9 Å². The molecule has 0 bridgehead atoms. The molecule has 1 aromatic carbocycles. The second-order valence-corrected chi connectivity index (χ2v) is 9.44. The number of anilines is 1. The highest BCUT2D eigenvalue weighted by Crippen LogP contribution is 2.30. The van der Waals surface area contributed by atoms with Crippen LogP contribution in [0.3, 0.4) is 0 Å². The van der Waals surface area contributed by atoms with Crippen LogP contribution in [0.5, 0.6) is 0 Å². The maximum atomic E-state index is 12.8. The van der Waals surface area contributed by atoms with Crippen LogP contribution in [0, 0.1) is 0 Å². The van der Waals surface area contributed by atoms with E-state index in [0.29, 0.717) is 53.4 Å². The fraction of sp³-hybridized carbons (Fsp3) is 0.350. The SMILES string of the molecule is [O-][S+](Cc1nc(N2CCOCC2)c(Cl)cc1Cl)NC(Cc1coc2ccccc12)B(O)O. The Labute approximate surface area is 198 Å². The summed E-state index contributed by atoms with van der Waals surface area (Å²) in [5.74, 6) is -0.348. The largest absolute Gasteiger partial charge is 0.598 e. The summed E-state index contributed by atoms with van der Waals surface area (Å²) in [5, 5.41) is 21.3. The number of halogens is 2. The molecule has 0 aliphatic carbocycles. The molecule has 1 aliphatic rings. The molecule has 2 aromatic heterocycles. The van der Waals surface area contributed by atoms with Gasteiger partial charge in [-0.15, -0.1) is 4.72 Å². The summed E-state index contributed by atoms with van der Waals surface area (Å²) >= 11 is 10.9. The third kappa shape index (κ3) is 5.52. The lowest BCUT2D eigenvalue weighted by molar-refractivity contribution is 0.122. The highest BCUT2D eigenvalue weighted by Gasteiger charge is 2.30. The van der Waals surface area contributed by atoms with E-state index in [-0.39, 0.29) is 12.2 Å². The van der Waals surface area contributed by atoms with E-state index in [1.54, 1.807) is 12.3 Å². The predicted octanol–water partition coefficient (Wildman–Crippen LogP) is 2.35.